The number of halogens is 3. The topological polar surface area (TPSA) is 104 Å². The Kier molecular flexibility index (Phi) is 6.65. The first-order valence-corrected chi connectivity index (χ1v) is 10.6. The van der Waals surface area contributed by atoms with Crippen molar-refractivity contribution in [1.29, 1.82) is 0 Å². The first kappa shape index (κ1) is 23.3. The van der Waals surface area contributed by atoms with Crippen molar-refractivity contribution in [3.63, 3.8) is 0 Å². The van der Waals surface area contributed by atoms with Crippen LogP contribution in [0, 0.1) is 5.82 Å². The number of hydrogen-bond donors (Lipinski definition) is 4. The number of aliphatic hydroxyl groups excluding tert-OH is 4. The lowest BCUT2D eigenvalue weighted by molar-refractivity contribution is -0.250. The molecule has 2 heterocycles. The molecule has 2 aromatic carbocycles. The Balaban J connectivity index is 1.83. The number of ether oxygens (including phenoxy) is 2. The average Bonchev–Trinajstić information content (AvgIpc) is 3.11. The van der Waals surface area contributed by atoms with Gasteiger partial charge in [0.2, 0.25) is 0 Å². The maximum Gasteiger partial charge on any atom is 0.163 e. The summed E-state index contributed by atoms with van der Waals surface area (Å²) in [5.74, 6) is -0.0667. The number of hydrogen-bond acceptors (Lipinski definition) is 6. The van der Waals surface area contributed by atoms with E-state index in [0.29, 0.717) is 37.8 Å². The summed E-state index contributed by atoms with van der Waals surface area (Å²) in [5.41, 5.74) is 1.50. The third-order valence-corrected chi connectivity index (χ3v) is 6.23. The van der Waals surface area contributed by atoms with Gasteiger partial charge in [0, 0.05) is 29.1 Å². The molecular weight excluding hydrogens is 464 g/mol. The van der Waals surface area contributed by atoms with Crippen LogP contribution in [0.1, 0.15) is 17.4 Å². The van der Waals surface area contributed by atoms with Crippen LogP contribution in [-0.4, -0.2) is 63.1 Å². The summed E-state index contributed by atoms with van der Waals surface area (Å²) in [6.45, 7) is -0.563. The molecule has 0 unspecified atom stereocenters. The van der Waals surface area contributed by atoms with Crippen molar-refractivity contribution >= 4 is 34.1 Å². The standard InChI is InChI=1S/C22H22Cl2FNO6/c1-31-13-3-2-10(15(25)7-13)4-11-8-26(16-6-12(23)5-14(24)18(11)16)22-21(30)20(29)19(28)17(9-27)32-22/h2-3,5-8,17,19-22,27-30H,4,9H2,1H3/t17-,19-,20+,21-,22-/m1/s1. The maximum atomic E-state index is 14.6. The van der Waals surface area contributed by atoms with E-state index >= 15 is 0 Å². The molecule has 172 valence electrons. The molecule has 4 N–H and O–H groups in total. The van der Waals surface area contributed by atoms with Crippen LogP contribution in [0.15, 0.2) is 36.5 Å². The van der Waals surface area contributed by atoms with Crippen molar-refractivity contribution in [1.82, 2.24) is 4.57 Å². The highest BCUT2D eigenvalue weighted by Crippen LogP contribution is 2.38. The van der Waals surface area contributed by atoms with E-state index in [1.54, 1.807) is 30.5 Å². The summed E-state index contributed by atoms with van der Waals surface area (Å²) in [5, 5.41) is 41.7. The zero-order valence-corrected chi connectivity index (χ0v) is 18.5. The number of nitrogens with zero attached hydrogens (tertiary/aromatic N) is 1. The highest BCUT2D eigenvalue weighted by atomic mass is 35.5. The first-order valence-electron chi connectivity index (χ1n) is 9.86. The summed E-state index contributed by atoms with van der Waals surface area (Å²) in [4.78, 5) is 0. The van der Waals surface area contributed by atoms with Crippen LogP contribution < -0.4 is 4.74 Å². The van der Waals surface area contributed by atoms with Gasteiger partial charge in [0.25, 0.3) is 0 Å². The Hall–Kier alpha value is -1.91. The molecule has 3 aromatic rings. The highest BCUT2D eigenvalue weighted by Gasteiger charge is 2.44. The summed E-state index contributed by atoms with van der Waals surface area (Å²) in [7, 11) is 1.45. The number of aromatic nitrogens is 1. The average molecular weight is 486 g/mol. The van der Waals surface area contributed by atoms with Crippen LogP contribution >= 0.6 is 23.2 Å². The molecule has 0 amide bonds. The number of aliphatic hydroxyl groups is 4. The second kappa shape index (κ2) is 9.15. The Morgan fingerprint density at radius 3 is 2.47 bits per heavy atom. The van der Waals surface area contributed by atoms with Gasteiger partial charge in [-0.05, 0) is 29.3 Å². The number of methoxy groups -OCH3 is 1. The van der Waals surface area contributed by atoms with Crippen LogP contribution in [0.5, 0.6) is 5.75 Å². The summed E-state index contributed by atoms with van der Waals surface area (Å²) in [6.07, 6.45) is -5.01. The van der Waals surface area contributed by atoms with Crippen molar-refractivity contribution in [2.45, 2.75) is 37.1 Å². The van der Waals surface area contributed by atoms with Crippen LogP contribution in [0.2, 0.25) is 10.0 Å². The van der Waals surface area contributed by atoms with Gasteiger partial charge in [-0.15, -0.1) is 0 Å². The predicted molar refractivity (Wildman–Crippen MR) is 117 cm³/mol. The Morgan fingerprint density at radius 1 is 1.06 bits per heavy atom. The normalized spacial score (nSPS) is 25.9. The van der Waals surface area contributed by atoms with Gasteiger partial charge < -0.3 is 34.5 Å². The zero-order valence-electron chi connectivity index (χ0n) is 17.0. The molecule has 4 rings (SSSR count). The Labute approximate surface area is 193 Å². The van der Waals surface area contributed by atoms with Crippen molar-refractivity contribution < 1.29 is 34.3 Å². The van der Waals surface area contributed by atoms with Crippen LogP contribution in [0.3, 0.4) is 0 Å². The Bertz CT molecular complexity index is 1140. The van der Waals surface area contributed by atoms with Gasteiger partial charge >= 0.3 is 0 Å². The molecule has 32 heavy (non-hydrogen) atoms. The molecule has 1 aliphatic heterocycles. The molecule has 0 bridgehead atoms. The third kappa shape index (κ3) is 4.08. The summed E-state index contributed by atoms with van der Waals surface area (Å²) < 4.78 is 26.9. The second-order valence-corrected chi connectivity index (χ2v) is 8.54. The molecule has 0 saturated carbocycles. The number of rotatable bonds is 5. The largest absolute Gasteiger partial charge is 0.497 e. The van der Waals surface area contributed by atoms with E-state index in [9.17, 15) is 24.8 Å². The van der Waals surface area contributed by atoms with E-state index in [-0.39, 0.29) is 6.42 Å². The van der Waals surface area contributed by atoms with Crippen LogP contribution in [0.4, 0.5) is 4.39 Å². The molecule has 0 spiro atoms. The maximum absolute atomic E-state index is 14.6. The van der Waals surface area contributed by atoms with Gasteiger partial charge in [-0.1, -0.05) is 29.3 Å². The molecule has 0 aliphatic carbocycles. The van der Waals surface area contributed by atoms with Crippen molar-refractivity contribution in [2.75, 3.05) is 13.7 Å². The lowest BCUT2D eigenvalue weighted by Crippen LogP contribution is -2.56. The fourth-order valence-electron chi connectivity index (χ4n) is 4.04. The fraction of sp³-hybridized carbons (Fsp3) is 0.364. The minimum absolute atomic E-state index is 0.165. The molecular formula is C22H22Cl2FNO6. The third-order valence-electron chi connectivity index (χ3n) is 5.71. The highest BCUT2D eigenvalue weighted by molar-refractivity contribution is 6.38. The predicted octanol–water partition coefficient (Wildman–Crippen LogP) is 2.66. The monoisotopic (exact) mass is 485 g/mol. The summed E-state index contributed by atoms with van der Waals surface area (Å²) in [6, 6.07) is 7.70. The Morgan fingerprint density at radius 2 is 1.81 bits per heavy atom. The van der Waals surface area contributed by atoms with E-state index in [1.165, 1.54) is 17.7 Å². The van der Waals surface area contributed by atoms with E-state index in [2.05, 4.69) is 0 Å². The molecule has 1 saturated heterocycles. The smallest absolute Gasteiger partial charge is 0.163 e. The van der Waals surface area contributed by atoms with Gasteiger partial charge in [0.15, 0.2) is 6.23 Å². The molecule has 0 radical (unpaired) electrons. The van der Waals surface area contributed by atoms with Gasteiger partial charge in [-0.2, -0.15) is 0 Å². The molecule has 7 nitrogen and oxygen atoms in total. The van der Waals surface area contributed by atoms with Gasteiger partial charge in [-0.3, -0.25) is 0 Å². The van der Waals surface area contributed by atoms with Crippen molar-refractivity contribution in [2.24, 2.45) is 0 Å². The van der Waals surface area contributed by atoms with Crippen LogP contribution in [-0.2, 0) is 11.2 Å². The number of benzene rings is 2. The number of fused-ring (bicyclic) bond motifs is 1. The molecule has 1 aliphatic rings. The lowest BCUT2D eigenvalue weighted by atomic mass is 9.98. The molecule has 5 atom stereocenters. The molecule has 10 heteroatoms. The van der Waals surface area contributed by atoms with Gasteiger partial charge in [0.1, 0.15) is 36.0 Å². The van der Waals surface area contributed by atoms with E-state index in [1.807, 2.05) is 0 Å². The van der Waals surface area contributed by atoms with E-state index in [0.717, 1.165) is 0 Å². The van der Waals surface area contributed by atoms with Crippen LogP contribution in [0.25, 0.3) is 10.9 Å². The minimum Gasteiger partial charge on any atom is -0.497 e. The fourth-order valence-corrected chi connectivity index (χ4v) is 4.65. The second-order valence-electron chi connectivity index (χ2n) is 7.70. The zero-order chi connectivity index (χ0) is 23.2. The van der Waals surface area contributed by atoms with E-state index in [4.69, 9.17) is 32.7 Å². The quantitative estimate of drug-likeness (QED) is 0.442. The van der Waals surface area contributed by atoms with Crippen molar-refractivity contribution in [3.05, 3.63) is 63.5 Å². The molecule has 1 fully saturated rings. The van der Waals surface area contributed by atoms with Gasteiger partial charge in [0.05, 0.1) is 24.3 Å². The molecule has 1 aromatic heterocycles. The summed E-state index contributed by atoms with van der Waals surface area (Å²) >= 11 is 12.7. The minimum atomic E-state index is -1.56. The van der Waals surface area contributed by atoms with Crippen molar-refractivity contribution in [3.8, 4) is 5.75 Å². The SMILES string of the molecule is COc1ccc(Cc2cn([C@@H]3O[C@H](CO)[C@@H](O)[C@H](O)[C@H]3O)c3cc(Cl)cc(Cl)c23)c(F)c1. The lowest BCUT2D eigenvalue weighted by Gasteiger charge is -2.40. The van der Waals surface area contributed by atoms with E-state index < -0.39 is 43.1 Å². The first-order chi connectivity index (χ1) is 15.2. The van der Waals surface area contributed by atoms with Gasteiger partial charge in [-0.25, -0.2) is 4.39 Å².